The number of aromatic nitrogens is 1. The second-order valence-electron chi connectivity index (χ2n) is 12.2. The molecule has 0 radical (unpaired) electrons. The van der Waals surface area contributed by atoms with Crippen LogP contribution < -0.4 is 9.64 Å². The van der Waals surface area contributed by atoms with Crippen molar-refractivity contribution in [3.63, 3.8) is 0 Å². The monoisotopic (exact) mass is 797 g/mol. The van der Waals surface area contributed by atoms with Crippen LogP contribution in [0.15, 0.2) is 52.3 Å². The maximum Gasteiger partial charge on any atom is 0.416 e. The number of alkyl halides is 6. The van der Waals surface area contributed by atoms with Crippen LogP contribution in [0.25, 0.3) is 22.3 Å². The lowest BCUT2D eigenvalue weighted by Gasteiger charge is -2.34. The lowest BCUT2D eigenvalue weighted by molar-refractivity contribution is -0.143. The Hall–Kier alpha value is -4.31. The number of pyridine rings is 1. The van der Waals surface area contributed by atoms with Gasteiger partial charge >= 0.3 is 24.4 Å². The molecule has 0 saturated carbocycles. The van der Waals surface area contributed by atoms with Gasteiger partial charge in [-0.15, -0.1) is 11.3 Å². The van der Waals surface area contributed by atoms with Crippen LogP contribution in [0.3, 0.4) is 0 Å². The number of carbonyl (C=O) groups is 2. The number of ether oxygens (including phenoxy) is 3. The molecule has 51 heavy (non-hydrogen) atoms. The maximum absolute atomic E-state index is 13.7. The molecule has 0 spiro atoms. The molecule has 2 aliphatic heterocycles. The van der Waals surface area contributed by atoms with E-state index in [-0.39, 0.29) is 12.6 Å². The third kappa shape index (κ3) is 6.99. The van der Waals surface area contributed by atoms with Gasteiger partial charge in [-0.3, -0.25) is 4.90 Å². The molecular formula is C35H30BrF6N3O5S. The Morgan fingerprint density at radius 2 is 1.67 bits per heavy atom. The normalized spacial score (nSPS) is 17.7. The van der Waals surface area contributed by atoms with Crippen molar-refractivity contribution in [2.75, 3.05) is 32.2 Å². The van der Waals surface area contributed by atoms with Gasteiger partial charge in [0.2, 0.25) is 0 Å². The van der Waals surface area contributed by atoms with Crippen LogP contribution in [0.1, 0.15) is 57.1 Å². The quantitative estimate of drug-likeness (QED) is 0.130. The number of hydrogen-bond acceptors (Lipinski definition) is 8. The highest BCUT2D eigenvalue weighted by Crippen LogP contribution is 2.44. The number of halogens is 7. The number of hydrogen-bond donors (Lipinski definition) is 0. The molecule has 2 saturated heterocycles. The summed E-state index contributed by atoms with van der Waals surface area (Å²) in [7, 11) is 2.80. The van der Waals surface area contributed by atoms with Crippen LogP contribution in [-0.4, -0.2) is 55.3 Å². The molecule has 6 rings (SSSR count). The van der Waals surface area contributed by atoms with Gasteiger partial charge in [-0.25, -0.2) is 14.6 Å². The van der Waals surface area contributed by atoms with Gasteiger partial charge in [0.25, 0.3) is 0 Å². The van der Waals surface area contributed by atoms with Crippen molar-refractivity contribution in [2.24, 2.45) is 0 Å². The molecule has 0 aliphatic carbocycles. The average molecular weight is 799 g/mol. The first-order chi connectivity index (χ1) is 24.0. The summed E-state index contributed by atoms with van der Waals surface area (Å²) in [5.41, 5.74) is 0.342. The van der Waals surface area contributed by atoms with E-state index in [4.69, 9.17) is 19.2 Å². The first-order valence-electron chi connectivity index (χ1n) is 15.6. The fourth-order valence-electron chi connectivity index (χ4n) is 6.17. The smallest absolute Gasteiger partial charge is 0.416 e. The zero-order valence-electron chi connectivity index (χ0n) is 27.5. The van der Waals surface area contributed by atoms with E-state index in [0.29, 0.717) is 49.9 Å². The zero-order chi connectivity index (χ0) is 37.0. The van der Waals surface area contributed by atoms with Gasteiger partial charge in [0.15, 0.2) is 0 Å². The summed E-state index contributed by atoms with van der Waals surface area (Å²) in [6, 6.07) is 7.50. The van der Waals surface area contributed by atoms with Crippen molar-refractivity contribution in [1.82, 2.24) is 9.88 Å². The number of thiophene rings is 1. The second-order valence-corrected chi connectivity index (χ2v) is 13.9. The summed E-state index contributed by atoms with van der Waals surface area (Å²) < 4.78 is 98.9. The Balaban J connectivity index is 1.43. The van der Waals surface area contributed by atoms with Crippen molar-refractivity contribution in [3.8, 4) is 28.0 Å². The van der Waals surface area contributed by atoms with Crippen LogP contribution in [0, 0.1) is 6.92 Å². The first kappa shape index (κ1) is 36.5. The predicted molar refractivity (Wildman–Crippen MR) is 181 cm³/mol. The van der Waals surface area contributed by atoms with E-state index in [1.165, 1.54) is 37.4 Å². The van der Waals surface area contributed by atoms with E-state index in [0.717, 1.165) is 36.2 Å². The fraction of sp³-hybridized carbons (Fsp3) is 0.343. The predicted octanol–water partition coefficient (Wildman–Crippen LogP) is 9.67. The van der Waals surface area contributed by atoms with Crippen molar-refractivity contribution in [1.29, 1.82) is 0 Å². The highest BCUT2D eigenvalue weighted by Gasteiger charge is 2.44. The molecule has 4 aromatic rings. The minimum atomic E-state index is -5.07. The van der Waals surface area contributed by atoms with Crippen molar-refractivity contribution >= 4 is 45.1 Å². The summed E-state index contributed by atoms with van der Waals surface area (Å²) in [4.78, 5) is 34.4. The number of benzene rings is 2. The van der Waals surface area contributed by atoms with Crippen LogP contribution in [-0.2, 0) is 28.4 Å². The number of nitrogens with zero attached hydrogens (tertiary/aromatic N) is 3. The summed E-state index contributed by atoms with van der Waals surface area (Å²) in [5, 5.41) is 1.84. The minimum Gasteiger partial charge on any atom is -0.496 e. The molecule has 0 unspecified atom stereocenters. The molecule has 0 bridgehead atoms. The molecular weight excluding hydrogens is 768 g/mol. The molecule has 8 nitrogen and oxygen atoms in total. The van der Waals surface area contributed by atoms with Crippen molar-refractivity contribution < 1.29 is 50.1 Å². The molecule has 2 fully saturated rings. The third-order valence-corrected chi connectivity index (χ3v) is 10.7. The standard InChI is InChI=1S/C35H30BrF6N3O5S/c1-17-25(16-51-30(17)32(46)49-4)19-6-7-28(48-3)24(12-19)23-14-26(36)31(44-8-5-9-44)43-27(23)15-45-18(2)29(50-33(45)47)20-10-21(34(37,38)39)13-22(11-20)35(40,41)42/h6-7,10-14,16,18,29H,5,8-9,15H2,1-4H3/t18-,29-/m0/s1. The number of rotatable bonds is 8. The van der Waals surface area contributed by atoms with E-state index in [2.05, 4.69) is 15.9 Å². The SMILES string of the molecule is COC(=O)c1scc(-c2ccc(OC)c(-c3cc(Br)c(N4CCC4)nc3CN3C(=O)O[C@H](c4cc(C(F)(F)F)cc(C(F)(F)F)c4)[C@@H]3C)c2)c1C. The van der Waals surface area contributed by atoms with Crippen LogP contribution >= 0.6 is 27.3 Å². The van der Waals surface area contributed by atoms with Gasteiger partial charge in [0.05, 0.1) is 48.1 Å². The fourth-order valence-corrected chi connectivity index (χ4v) is 7.75. The molecule has 4 heterocycles. The Morgan fingerprint density at radius 1 is 1.00 bits per heavy atom. The van der Waals surface area contributed by atoms with Gasteiger partial charge < -0.3 is 19.1 Å². The summed E-state index contributed by atoms with van der Waals surface area (Å²) in [5.74, 6) is 0.611. The van der Waals surface area contributed by atoms with E-state index < -0.39 is 53.3 Å². The molecule has 2 aromatic carbocycles. The number of amides is 1. The van der Waals surface area contributed by atoms with Crippen molar-refractivity contribution in [3.05, 3.63) is 85.1 Å². The third-order valence-electron chi connectivity index (χ3n) is 9.05. The topological polar surface area (TPSA) is 81.2 Å². The Bertz CT molecular complexity index is 1980. The summed E-state index contributed by atoms with van der Waals surface area (Å²) in [6.45, 7) is 4.60. The number of esters is 1. The lowest BCUT2D eigenvalue weighted by atomic mass is 9.95. The van der Waals surface area contributed by atoms with Crippen molar-refractivity contribution in [2.45, 2.75) is 51.3 Å². The van der Waals surface area contributed by atoms with Gasteiger partial charge in [0, 0.05) is 24.2 Å². The van der Waals surface area contributed by atoms with E-state index >= 15 is 0 Å². The van der Waals surface area contributed by atoms with E-state index in [1.54, 1.807) is 6.07 Å². The molecule has 2 aliphatic rings. The van der Waals surface area contributed by atoms with Gasteiger partial charge in [-0.05, 0) is 100 Å². The second kappa shape index (κ2) is 13.7. The van der Waals surface area contributed by atoms with Gasteiger partial charge in [0.1, 0.15) is 22.5 Å². The molecule has 2 atom stereocenters. The summed E-state index contributed by atoms with van der Waals surface area (Å²) in [6.07, 6.45) is -11.5. The number of methoxy groups -OCH3 is 2. The first-order valence-corrected chi connectivity index (χ1v) is 17.2. The Morgan fingerprint density at radius 3 is 2.24 bits per heavy atom. The number of carbonyl (C=O) groups excluding carboxylic acids is 2. The Kier molecular flexibility index (Phi) is 9.78. The average Bonchev–Trinajstić information content (AvgIpc) is 3.58. The van der Waals surface area contributed by atoms with E-state index in [1.807, 2.05) is 35.4 Å². The summed E-state index contributed by atoms with van der Waals surface area (Å²) >= 11 is 4.89. The maximum atomic E-state index is 13.7. The van der Waals surface area contributed by atoms with E-state index in [9.17, 15) is 35.9 Å². The van der Waals surface area contributed by atoms with Gasteiger partial charge in [-0.1, -0.05) is 6.07 Å². The lowest BCUT2D eigenvalue weighted by Crippen LogP contribution is -2.38. The van der Waals surface area contributed by atoms with Crippen LogP contribution in [0.2, 0.25) is 0 Å². The minimum absolute atomic E-state index is 0.0351. The molecule has 2 aromatic heterocycles. The zero-order valence-corrected chi connectivity index (χ0v) is 29.9. The molecule has 1 amide bonds. The molecule has 16 heteroatoms. The number of cyclic esters (lactones) is 1. The largest absolute Gasteiger partial charge is 0.496 e. The molecule has 270 valence electrons. The molecule has 0 N–H and O–H groups in total. The highest BCUT2D eigenvalue weighted by molar-refractivity contribution is 9.10. The number of anilines is 1. The Labute approximate surface area is 301 Å². The highest BCUT2D eigenvalue weighted by atomic mass is 79.9. The van der Waals surface area contributed by atoms with Crippen LogP contribution in [0.4, 0.5) is 37.0 Å². The van der Waals surface area contributed by atoms with Crippen LogP contribution in [0.5, 0.6) is 5.75 Å². The van der Waals surface area contributed by atoms with Gasteiger partial charge in [-0.2, -0.15) is 26.3 Å².